The SMILES string of the molecule is NCC(NC(=O)c1cnc2ccccc2n1)C1CC1. The molecule has 2 aromatic rings. The van der Waals surface area contributed by atoms with Gasteiger partial charge in [-0.2, -0.15) is 0 Å². The van der Waals surface area contributed by atoms with E-state index >= 15 is 0 Å². The fourth-order valence-corrected chi connectivity index (χ4v) is 2.18. The highest BCUT2D eigenvalue weighted by Gasteiger charge is 2.31. The van der Waals surface area contributed by atoms with Gasteiger partial charge in [-0.3, -0.25) is 9.78 Å². The smallest absolute Gasteiger partial charge is 0.271 e. The first-order valence-electron chi connectivity index (χ1n) is 6.50. The Labute approximate surface area is 111 Å². The summed E-state index contributed by atoms with van der Waals surface area (Å²) in [6.45, 7) is 0.470. The number of carbonyl (C=O) groups excluding carboxylic acids is 1. The average molecular weight is 256 g/mol. The minimum atomic E-state index is -0.194. The summed E-state index contributed by atoms with van der Waals surface area (Å²) < 4.78 is 0. The molecule has 0 aliphatic heterocycles. The molecular weight excluding hydrogens is 240 g/mol. The number of para-hydroxylation sites is 2. The minimum absolute atomic E-state index is 0.0563. The number of hydrogen-bond acceptors (Lipinski definition) is 4. The van der Waals surface area contributed by atoms with Crippen LogP contribution in [0.2, 0.25) is 0 Å². The van der Waals surface area contributed by atoms with E-state index in [0.717, 1.165) is 23.9 Å². The van der Waals surface area contributed by atoms with E-state index in [2.05, 4.69) is 15.3 Å². The quantitative estimate of drug-likeness (QED) is 0.858. The lowest BCUT2D eigenvalue weighted by Crippen LogP contribution is -2.42. The van der Waals surface area contributed by atoms with Crippen molar-refractivity contribution in [1.82, 2.24) is 15.3 Å². The molecule has 19 heavy (non-hydrogen) atoms. The number of amides is 1. The topological polar surface area (TPSA) is 80.9 Å². The van der Waals surface area contributed by atoms with Gasteiger partial charge >= 0.3 is 0 Å². The van der Waals surface area contributed by atoms with Crippen molar-refractivity contribution in [2.24, 2.45) is 11.7 Å². The van der Waals surface area contributed by atoms with Gasteiger partial charge < -0.3 is 11.1 Å². The molecule has 0 bridgehead atoms. The van der Waals surface area contributed by atoms with Crippen LogP contribution in [0.4, 0.5) is 0 Å². The lowest BCUT2D eigenvalue weighted by atomic mass is 10.2. The summed E-state index contributed by atoms with van der Waals surface area (Å²) in [7, 11) is 0. The van der Waals surface area contributed by atoms with E-state index in [1.807, 2.05) is 24.3 Å². The molecule has 1 saturated carbocycles. The number of nitrogens with zero attached hydrogens (tertiary/aromatic N) is 2. The zero-order chi connectivity index (χ0) is 13.2. The maximum atomic E-state index is 12.1. The van der Waals surface area contributed by atoms with Crippen LogP contribution in [0.15, 0.2) is 30.5 Å². The van der Waals surface area contributed by atoms with Crippen LogP contribution >= 0.6 is 0 Å². The summed E-state index contributed by atoms with van der Waals surface area (Å²) in [6.07, 6.45) is 3.80. The molecule has 5 heteroatoms. The van der Waals surface area contributed by atoms with E-state index in [-0.39, 0.29) is 11.9 Å². The minimum Gasteiger partial charge on any atom is -0.346 e. The highest BCUT2D eigenvalue weighted by molar-refractivity contribution is 5.94. The Morgan fingerprint density at radius 2 is 2.11 bits per heavy atom. The van der Waals surface area contributed by atoms with Crippen molar-refractivity contribution in [2.45, 2.75) is 18.9 Å². The zero-order valence-electron chi connectivity index (χ0n) is 10.5. The summed E-state index contributed by atoms with van der Waals surface area (Å²) >= 11 is 0. The van der Waals surface area contributed by atoms with Crippen molar-refractivity contribution >= 4 is 16.9 Å². The zero-order valence-corrected chi connectivity index (χ0v) is 10.5. The normalized spacial score (nSPS) is 16.3. The van der Waals surface area contributed by atoms with E-state index in [1.54, 1.807) is 0 Å². The molecule has 0 saturated heterocycles. The Morgan fingerprint density at radius 1 is 1.37 bits per heavy atom. The molecule has 1 atom stereocenters. The van der Waals surface area contributed by atoms with E-state index < -0.39 is 0 Å². The first-order valence-corrected chi connectivity index (χ1v) is 6.50. The second-order valence-corrected chi connectivity index (χ2v) is 4.90. The van der Waals surface area contributed by atoms with Gasteiger partial charge in [-0.1, -0.05) is 12.1 Å². The van der Waals surface area contributed by atoms with Crippen molar-refractivity contribution < 1.29 is 4.79 Å². The van der Waals surface area contributed by atoms with Gasteiger partial charge in [0.1, 0.15) is 5.69 Å². The molecule has 0 spiro atoms. The predicted molar refractivity (Wildman–Crippen MR) is 72.6 cm³/mol. The second kappa shape index (κ2) is 4.93. The van der Waals surface area contributed by atoms with E-state index in [1.165, 1.54) is 6.20 Å². The molecule has 1 aromatic heterocycles. The fraction of sp³-hybridized carbons (Fsp3) is 0.357. The molecule has 98 valence electrons. The molecule has 1 amide bonds. The van der Waals surface area contributed by atoms with Gasteiger partial charge in [-0.05, 0) is 30.9 Å². The Kier molecular flexibility index (Phi) is 3.13. The summed E-state index contributed by atoms with van der Waals surface area (Å²) in [6, 6.07) is 7.55. The maximum Gasteiger partial charge on any atom is 0.271 e. The number of benzene rings is 1. The largest absolute Gasteiger partial charge is 0.346 e. The Hall–Kier alpha value is -2.01. The summed E-state index contributed by atoms with van der Waals surface area (Å²) in [5.74, 6) is 0.336. The van der Waals surface area contributed by atoms with Crippen LogP contribution in [0, 0.1) is 5.92 Å². The number of carbonyl (C=O) groups is 1. The fourth-order valence-electron chi connectivity index (χ4n) is 2.18. The lowest BCUT2D eigenvalue weighted by molar-refractivity contribution is 0.0928. The van der Waals surface area contributed by atoms with E-state index in [0.29, 0.717) is 18.2 Å². The second-order valence-electron chi connectivity index (χ2n) is 4.90. The lowest BCUT2D eigenvalue weighted by Gasteiger charge is -2.15. The standard InChI is InChI=1S/C14H16N4O/c15-7-12(9-5-6-9)18-14(19)13-8-16-10-3-1-2-4-11(10)17-13/h1-4,8-9,12H,5-7,15H2,(H,18,19). The molecule has 1 aliphatic carbocycles. The third-order valence-corrected chi connectivity index (χ3v) is 3.44. The van der Waals surface area contributed by atoms with Crippen molar-refractivity contribution in [3.8, 4) is 0 Å². The van der Waals surface area contributed by atoms with E-state index in [9.17, 15) is 4.79 Å². The van der Waals surface area contributed by atoms with Crippen LogP contribution in [0.25, 0.3) is 11.0 Å². The molecule has 5 nitrogen and oxygen atoms in total. The highest BCUT2D eigenvalue weighted by Crippen LogP contribution is 2.32. The van der Waals surface area contributed by atoms with Crippen LogP contribution in [0.3, 0.4) is 0 Å². The van der Waals surface area contributed by atoms with Gasteiger partial charge in [0, 0.05) is 12.6 Å². The maximum absolute atomic E-state index is 12.1. The Morgan fingerprint density at radius 3 is 2.79 bits per heavy atom. The highest BCUT2D eigenvalue weighted by atomic mass is 16.2. The molecule has 1 fully saturated rings. The van der Waals surface area contributed by atoms with Crippen LogP contribution in [0.1, 0.15) is 23.3 Å². The Balaban J connectivity index is 1.80. The molecule has 1 unspecified atom stereocenters. The van der Waals surface area contributed by atoms with Crippen LogP contribution in [0.5, 0.6) is 0 Å². The van der Waals surface area contributed by atoms with Gasteiger partial charge in [0.25, 0.3) is 5.91 Å². The molecule has 0 radical (unpaired) electrons. The van der Waals surface area contributed by atoms with Gasteiger partial charge in [-0.15, -0.1) is 0 Å². The van der Waals surface area contributed by atoms with Crippen molar-refractivity contribution in [3.63, 3.8) is 0 Å². The van der Waals surface area contributed by atoms with Crippen LogP contribution in [-0.4, -0.2) is 28.5 Å². The summed E-state index contributed by atoms with van der Waals surface area (Å²) in [5.41, 5.74) is 7.54. The molecular formula is C14H16N4O. The number of hydrogen-bond donors (Lipinski definition) is 2. The van der Waals surface area contributed by atoms with Crippen molar-refractivity contribution in [2.75, 3.05) is 6.54 Å². The molecule has 3 N–H and O–H groups in total. The van der Waals surface area contributed by atoms with Gasteiger partial charge in [0.05, 0.1) is 17.2 Å². The molecule has 1 heterocycles. The number of fused-ring (bicyclic) bond motifs is 1. The third-order valence-electron chi connectivity index (χ3n) is 3.44. The summed E-state index contributed by atoms with van der Waals surface area (Å²) in [4.78, 5) is 20.7. The average Bonchev–Trinajstić information content (AvgIpc) is 3.28. The number of rotatable bonds is 4. The van der Waals surface area contributed by atoms with Gasteiger partial charge in [0.15, 0.2) is 0 Å². The first-order chi connectivity index (χ1) is 9.28. The number of aromatic nitrogens is 2. The predicted octanol–water partition coefficient (Wildman–Crippen LogP) is 1.10. The third kappa shape index (κ3) is 2.56. The van der Waals surface area contributed by atoms with Gasteiger partial charge in [-0.25, -0.2) is 4.98 Å². The Bertz CT molecular complexity index is 609. The monoisotopic (exact) mass is 256 g/mol. The van der Waals surface area contributed by atoms with Crippen molar-refractivity contribution in [3.05, 3.63) is 36.2 Å². The number of nitrogens with one attached hydrogen (secondary N) is 1. The van der Waals surface area contributed by atoms with Crippen LogP contribution in [-0.2, 0) is 0 Å². The summed E-state index contributed by atoms with van der Waals surface area (Å²) in [5, 5.41) is 2.94. The molecule has 1 aromatic carbocycles. The van der Waals surface area contributed by atoms with Crippen molar-refractivity contribution in [1.29, 1.82) is 0 Å². The molecule has 1 aliphatic rings. The van der Waals surface area contributed by atoms with Gasteiger partial charge in [0.2, 0.25) is 0 Å². The first kappa shape index (κ1) is 12.0. The van der Waals surface area contributed by atoms with E-state index in [4.69, 9.17) is 5.73 Å². The van der Waals surface area contributed by atoms with Crippen LogP contribution < -0.4 is 11.1 Å². The number of nitrogens with two attached hydrogens (primary N) is 1. The molecule has 3 rings (SSSR count).